The first-order chi connectivity index (χ1) is 16.2. The number of thioether (sulfide) groups is 1. The molecule has 3 aromatic rings. The highest BCUT2D eigenvalue weighted by Crippen LogP contribution is 2.40. The summed E-state index contributed by atoms with van der Waals surface area (Å²) in [5.74, 6) is 0.822. The molecule has 5 nitrogen and oxygen atoms in total. The lowest BCUT2D eigenvalue weighted by molar-refractivity contribution is -0.116. The van der Waals surface area contributed by atoms with Gasteiger partial charge in [-0.25, -0.2) is 4.79 Å². The van der Waals surface area contributed by atoms with Crippen LogP contribution in [-0.4, -0.2) is 47.9 Å². The predicted octanol–water partition coefficient (Wildman–Crippen LogP) is 6.12. The second-order valence-corrected chi connectivity index (χ2v) is 11.3. The summed E-state index contributed by atoms with van der Waals surface area (Å²) in [4.78, 5) is 29.8. The molecule has 0 atom stereocenters. The Hall–Kier alpha value is -2.99. The van der Waals surface area contributed by atoms with Gasteiger partial charge < -0.3 is 14.5 Å². The Morgan fingerprint density at radius 2 is 1.85 bits per heavy atom. The van der Waals surface area contributed by atoms with E-state index in [9.17, 15) is 9.59 Å². The van der Waals surface area contributed by atoms with Crippen LogP contribution in [0, 0.1) is 12.8 Å². The van der Waals surface area contributed by atoms with Gasteiger partial charge in [0.25, 0.3) is 0 Å². The summed E-state index contributed by atoms with van der Waals surface area (Å²) in [5.41, 5.74) is 4.09. The highest BCUT2D eigenvalue weighted by atomic mass is 32.2. The summed E-state index contributed by atoms with van der Waals surface area (Å²) in [6.07, 6.45) is -0.278. The molecule has 1 saturated heterocycles. The van der Waals surface area contributed by atoms with Gasteiger partial charge in [-0.3, -0.25) is 4.79 Å². The van der Waals surface area contributed by atoms with Crippen LogP contribution >= 0.6 is 11.8 Å². The van der Waals surface area contributed by atoms with Crippen molar-refractivity contribution in [1.82, 2.24) is 4.90 Å². The van der Waals surface area contributed by atoms with E-state index in [-0.39, 0.29) is 17.9 Å². The number of fused-ring (bicyclic) bond motifs is 2. The van der Waals surface area contributed by atoms with E-state index >= 15 is 0 Å². The van der Waals surface area contributed by atoms with Gasteiger partial charge in [0, 0.05) is 30.4 Å². The number of anilines is 1. The van der Waals surface area contributed by atoms with Crippen LogP contribution in [0.15, 0.2) is 59.5 Å². The molecule has 0 radical (unpaired) electrons. The number of hydrogen-bond donors (Lipinski definition) is 0. The molecule has 2 amide bonds. The maximum absolute atomic E-state index is 12.8. The van der Waals surface area contributed by atoms with Gasteiger partial charge in [0.1, 0.15) is 5.60 Å². The minimum atomic E-state index is -0.499. The average Bonchev–Trinajstić information content (AvgIpc) is 2.74. The monoisotopic (exact) mass is 474 g/mol. The van der Waals surface area contributed by atoms with Crippen molar-refractivity contribution in [2.75, 3.05) is 30.3 Å². The van der Waals surface area contributed by atoms with Crippen LogP contribution in [-0.2, 0) is 9.53 Å². The highest BCUT2D eigenvalue weighted by Gasteiger charge is 2.37. The van der Waals surface area contributed by atoms with Crippen molar-refractivity contribution in [3.05, 3.63) is 60.2 Å². The van der Waals surface area contributed by atoms with Gasteiger partial charge >= 0.3 is 6.09 Å². The van der Waals surface area contributed by atoms with E-state index in [0.29, 0.717) is 25.4 Å². The van der Waals surface area contributed by atoms with Crippen molar-refractivity contribution in [3.63, 3.8) is 0 Å². The van der Waals surface area contributed by atoms with E-state index in [1.807, 2.05) is 25.7 Å². The number of carbonyl (C=O) groups is 2. The van der Waals surface area contributed by atoms with Crippen molar-refractivity contribution >= 4 is 40.2 Å². The number of aryl methyl sites for hydroxylation is 1. The smallest absolute Gasteiger partial charge is 0.410 e. The van der Waals surface area contributed by atoms with E-state index in [0.717, 1.165) is 10.6 Å². The summed E-state index contributed by atoms with van der Waals surface area (Å²) < 4.78 is 5.45. The summed E-state index contributed by atoms with van der Waals surface area (Å²) in [6, 6.07) is 19.3. The molecule has 34 heavy (non-hydrogen) atoms. The molecule has 0 bridgehead atoms. The maximum Gasteiger partial charge on any atom is 0.410 e. The molecule has 2 aliphatic heterocycles. The van der Waals surface area contributed by atoms with E-state index in [1.54, 1.807) is 16.7 Å². The van der Waals surface area contributed by atoms with Gasteiger partial charge in [0.05, 0.1) is 11.4 Å². The number of carbonyl (C=O) groups excluding carboxylic acids is 2. The Labute approximate surface area is 205 Å². The van der Waals surface area contributed by atoms with Crippen LogP contribution in [0.5, 0.6) is 0 Å². The molecular formula is C28H30N2O3S. The maximum atomic E-state index is 12.8. The lowest BCUT2D eigenvalue weighted by Crippen LogP contribution is -2.56. The minimum Gasteiger partial charge on any atom is -0.444 e. The average molecular weight is 475 g/mol. The van der Waals surface area contributed by atoms with Crippen molar-refractivity contribution in [2.24, 2.45) is 5.92 Å². The van der Waals surface area contributed by atoms with Crippen LogP contribution in [0.25, 0.3) is 21.9 Å². The third-order valence-corrected chi connectivity index (χ3v) is 7.30. The predicted molar refractivity (Wildman–Crippen MR) is 138 cm³/mol. The van der Waals surface area contributed by atoms with E-state index < -0.39 is 5.60 Å². The largest absolute Gasteiger partial charge is 0.444 e. The molecule has 2 heterocycles. The first-order valence-electron chi connectivity index (χ1n) is 11.7. The molecule has 176 valence electrons. The number of amides is 2. The molecule has 0 unspecified atom stereocenters. The normalized spacial score (nSPS) is 16.4. The number of rotatable bonds is 3. The lowest BCUT2D eigenvalue weighted by Gasteiger charge is -2.42. The van der Waals surface area contributed by atoms with Gasteiger partial charge in [-0.2, -0.15) is 0 Å². The minimum absolute atomic E-state index is 0.127. The second kappa shape index (κ2) is 8.66. The topological polar surface area (TPSA) is 49.9 Å². The lowest BCUT2D eigenvalue weighted by atomic mass is 9.95. The van der Waals surface area contributed by atoms with Gasteiger partial charge in [0.2, 0.25) is 5.91 Å². The summed E-state index contributed by atoms with van der Waals surface area (Å²) >= 11 is 1.61. The van der Waals surface area contributed by atoms with Crippen molar-refractivity contribution in [1.29, 1.82) is 0 Å². The molecule has 0 spiro atoms. The van der Waals surface area contributed by atoms with Gasteiger partial charge in [-0.05, 0) is 67.3 Å². The number of likely N-dealkylation sites (tertiary alicyclic amines) is 1. The third kappa shape index (κ3) is 4.51. The zero-order valence-corrected chi connectivity index (χ0v) is 20.9. The Kier molecular flexibility index (Phi) is 5.80. The Morgan fingerprint density at radius 3 is 2.62 bits per heavy atom. The SMILES string of the molecule is Cc1cc(-c2ccc3c(c2)SCC(=O)N3CC2CN(C(=O)OC(C)(C)C)C2)c2ccccc2c1. The first kappa shape index (κ1) is 22.8. The Bertz CT molecular complexity index is 1270. The standard InChI is InChI=1S/C28H30N2O3S/c1-18-11-20-7-5-6-8-22(20)23(12-18)21-9-10-24-25(13-21)34-17-26(31)30(24)16-19-14-29(15-19)27(32)33-28(2,3)4/h5-13,19H,14-17H2,1-4H3. The van der Waals surface area contributed by atoms with E-state index in [4.69, 9.17) is 4.74 Å². The quantitative estimate of drug-likeness (QED) is 0.459. The molecule has 0 aromatic heterocycles. The summed E-state index contributed by atoms with van der Waals surface area (Å²) in [6.45, 7) is 9.61. The van der Waals surface area contributed by atoms with Gasteiger partial charge in [-0.15, -0.1) is 11.8 Å². The fourth-order valence-corrected chi connectivity index (χ4v) is 5.66. The van der Waals surface area contributed by atoms with E-state index in [2.05, 4.69) is 61.5 Å². The molecule has 2 aliphatic rings. The Morgan fingerprint density at radius 1 is 1.09 bits per heavy atom. The molecule has 0 aliphatic carbocycles. The zero-order chi connectivity index (χ0) is 24.0. The fourth-order valence-electron chi connectivity index (χ4n) is 4.69. The van der Waals surface area contributed by atoms with Crippen molar-refractivity contribution in [2.45, 2.75) is 38.2 Å². The van der Waals surface area contributed by atoms with Crippen LogP contribution in [0.2, 0.25) is 0 Å². The molecule has 3 aromatic carbocycles. The van der Waals surface area contributed by atoms with Gasteiger partial charge in [0.15, 0.2) is 0 Å². The summed E-state index contributed by atoms with van der Waals surface area (Å²) in [5, 5.41) is 2.47. The first-order valence-corrected chi connectivity index (χ1v) is 12.7. The summed E-state index contributed by atoms with van der Waals surface area (Å²) in [7, 11) is 0. The van der Waals surface area contributed by atoms with Crippen LogP contribution < -0.4 is 4.90 Å². The number of hydrogen-bond acceptors (Lipinski definition) is 4. The molecule has 0 N–H and O–H groups in total. The molecule has 6 heteroatoms. The van der Waals surface area contributed by atoms with E-state index in [1.165, 1.54) is 27.5 Å². The third-order valence-electron chi connectivity index (χ3n) is 6.27. The van der Waals surface area contributed by atoms with Gasteiger partial charge in [-0.1, -0.05) is 42.5 Å². The highest BCUT2D eigenvalue weighted by molar-refractivity contribution is 8.00. The number of benzene rings is 3. The Balaban J connectivity index is 1.36. The molecule has 0 saturated carbocycles. The van der Waals surface area contributed by atoms with Crippen molar-refractivity contribution < 1.29 is 14.3 Å². The molecular weight excluding hydrogens is 444 g/mol. The van der Waals surface area contributed by atoms with Crippen LogP contribution in [0.4, 0.5) is 10.5 Å². The fraction of sp³-hybridized carbons (Fsp3) is 0.357. The zero-order valence-electron chi connectivity index (χ0n) is 20.1. The van der Waals surface area contributed by atoms with Crippen LogP contribution in [0.1, 0.15) is 26.3 Å². The molecule has 5 rings (SSSR count). The van der Waals surface area contributed by atoms with Crippen molar-refractivity contribution in [3.8, 4) is 11.1 Å². The number of ether oxygens (including phenoxy) is 1. The number of nitrogens with zero attached hydrogens (tertiary/aromatic N) is 2. The molecule has 1 fully saturated rings. The van der Waals surface area contributed by atoms with Crippen LogP contribution in [0.3, 0.4) is 0 Å². The second-order valence-electron chi connectivity index (χ2n) is 10.3.